The molecule has 0 radical (unpaired) electrons. The van der Waals surface area contributed by atoms with Crippen LogP contribution in [-0.2, 0) is 9.68 Å². The summed E-state index contributed by atoms with van der Waals surface area (Å²) in [5.74, 6) is 0. The first-order chi connectivity index (χ1) is 6.81. The van der Waals surface area contributed by atoms with E-state index in [9.17, 15) is 4.91 Å². The molecule has 0 spiro atoms. The van der Waals surface area contributed by atoms with Crippen molar-refractivity contribution in [3.63, 3.8) is 0 Å². The van der Waals surface area contributed by atoms with Crippen molar-refractivity contribution >= 4 is 0 Å². The van der Waals surface area contributed by atoms with E-state index in [1.54, 1.807) is 0 Å². The van der Waals surface area contributed by atoms with E-state index in [0.717, 1.165) is 0 Å². The summed E-state index contributed by atoms with van der Waals surface area (Å²) in [5.41, 5.74) is 0. The fourth-order valence-electron chi connectivity index (χ4n) is 0.743. The van der Waals surface area contributed by atoms with Crippen LogP contribution < -0.4 is 0 Å². The average molecular weight is 208 g/mol. The highest BCUT2D eigenvalue weighted by Gasteiger charge is 2.10. The van der Waals surface area contributed by atoms with E-state index in [4.69, 9.17) is 10.2 Å². The lowest BCUT2D eigenvalue weighted by molar-refractivity contribution is -0.981. The molecule has 0 bridgehead atoms. The average Bonchev–Trinajstić information content (AvgIpc) is 2.19. The van der Waals surface area contributed by atoms with Gasteiger partial charge in [0.1, 0.15) is 4.91 Å². The highest BCUT2D eigenvalue weighted by molar-refractivity contribution is 4.32. The minimum Gasteiger partial charge on any atom is -0.396 e. The van der Waals surface area contributed by atoms with Crippen LogP contribution in [0.1, 0.15) is 25.7 Å². The number of nitrogens with zero attached hydrogens (tertiary/aromatic N) is 1. The summed E-state index contributed by atoms with van der Waals surface area (Å²) in [6, 6.07) is 0. The Balaban J connectivity index is 3.11. The fourth-order valence-corrected chi connectivity index (χ4v) is 0.743. The molecule has 84 valence electrons. The molecule has 2 N–H and O–H groups in total. The maximum atomic E-state index is 10.7. The first-order valence-corrected chi connectivity index (χ1v) is 4.76. The monoisotopic (exact) mass is 208 g/mol. The van der Waals surface area contributed by atoms with Crippen LogP contribution in [0.3, 0.4) is 0 Å². The zero-order chi connectivity index (χ0) is 10.6. The molecule has 6 nitrogen and oxygen atoms in total. The van der Waals surface area contributed by atoms with Crippen LogP contribution in [0.5, 0.6) is 0 Å². The lowest BCUT2D eigenvalue weighted by atomic mass is 10.3. The largest absolute Gasteiger partial charge is 0.477 e. The second kappa shape index (κ2) is 10.2. The third-order valence-corrected chi connectivity index (χ3v) is 1.50. The van der Waals surface area contributed by atoms with Crippen LogP contribution in [0, 0.1) is 4.91 Å². The zero-order valence-corrected chi connectivity index (χ0v) is 8.22. The molecule has 0 aromatic carbocycles. The predicted octanol–water partition coefficient (Wildman–Crippen LogP) is 0.173. The maximum Gasteiger partial charge on any atom is 0.477 e. The molecular formula is C8H18NO5+. The summed E-state index contributed by atoms with van der Waals surface area (Å²) in [6.07, 6.45) is 2.46. The van der Waals surface area contributed by atoms with Gasteiger partial charge in [-0.2, -0.15) is 9.68 Å². The van der Waals surface area contributed by atoms with Gasteiger partial charge in [-0.15, -0.1) is 0 Å². The first kappa shape index (κ1) is 13.1. The van der Waals surface area contributed by atoms with E-state index >= 15 is 0 Å². The Kier molecular flexibility index (Phi) is 9.56. The van der Waals surface area contributed by atoms with Gasteiger partial charge in [-0.1, -0.05) is 0 Å². The zero-order valence-electron chi connectivity index (χ0n) is 8.22. The molecule has 0 rings (SSSR count). The number of hydrogen-bond donors (Lipinski definition) is 2. The van der Waals surface area contributed by atoms with E-state index in [0.29, 0.717) is 25.7 Å². The molecular weight excluding hydrogens is 190 g/mol. The predicted molar refractivity (Wildman–Crippen MR) is 48.2 cm³/mol. The van der Waals surface area contributed by atoms with Crippen molar-refractivity contribution < 1.29 is 25.0 Å². The number of unbranched alkanes of at least 4 members (excludes halogenated alkanes) is 2. The Bertz CT molecular complexity index is 128. The van der Waals surface area contributed by atoms with Gasteiger partial charge in [0.05, 0.1) is 0 Å². The van der Waals surface area contributed by atoms with Gasteiger partial charge >= 0.3 is 5.09 Å². The summed E-state index contributed by atoms with van der Waals surface area (Å²) in [6.45, 7) is 0.674. The summed E-state index contributed by atoms with van der Waals surface area (Å²) < 4.78 is 0. The van der Waals surface area contributed by atoms with Crippen LogP contribution >= 0.6 is 0 Å². The minimum absolute atomic E-state index is 0.0781. The van der Waals surface area contributed by atoms with Gasteiger partial charge in [0.15, 0.2) is 13.2 Å². The SMILES string of the molecule is O=[N+](OCCCCO)OCCCCO. The highest BCUT2D eigenvalue weighted by Crippen LogP contribution is 1.92. The van der Waals surface area contributed by atoms with Gasteiger partial charge in [-0.3, -0.25) is 0 Å². The Morgan fingerprint density at radius 1 is 0.857 bits per heavy atom. The quantitative estimate of drug-likeness (QED) is 0.395. The number of aliphatic hydroxyl groups is 2. The van der Waals surface area contributed by atoms with E-state index in [1.165, 1.54) is 0 Å². The molecule has 0 unspecified atom stereocenters. The molecule has 0 fully saturated rings. The van der Waals surface area contributed by atoms with Crippen LogP contribution in [-0.4, -0.2) is 41.7 Å². The van der Waals surface area contributed by atoms with Crippen LogP contribution in [0.15, 0.2) is 0 Å². The van der Waals surface area contributed by atoms with Crippen LogP contribution in [0.25, 0.3) is 0 Å². The standard InChI is InChI=1S/C8H18NO5/c10-5-1-3-7-13-9(12)14-8-4-2-6-11/h10-11H,1-8H2/q+1. The summed E-state index contributed by atoms with van der Waals surface area (Å²) >= 11 is 0. The van der Waals surface area contributed by atoms with Crippen molar-refractivity contribution in [3.05, 3.63) is 4.91 Å². The van der Waals surface area contributed by atoms with Crippen molar-refractivity contribution in [3.8, 4) is 0 Å². The number of aliphatic hydroxyl groups excluding tert-OH is 2. The molecule has 0 heterocycles. The molecule has 0 aliphatic rings. The van der Waals surface area contributed by atoms with Gasteiger partial charge in [-0.05, 0) is 25.7 Å². The molecule has 0 saturated carbocycles. The second-order valence-corrected chi connectivity index (χ2v) is 2.75. The maximum absolute atomic E-state index is 10.7. The molecule has 0 amide bonds. The lowest BCUT2D eigenvalue weighted by Crippen LogP contribution is -2.12. The number of hydrogen-bond acceptors (Lipinski definition) is 5. The highest BCUT2D eigenvalue weighted by atomic mass is 17.0. The van der Waals surface area contributed by atoms with Crippen LogP contribution in [0.4, 0.5) is 0 Å². The Morgan fingerprint density at radius 3 is 1.64 bits per heavy atom. The third kappa shape index (κ3) is 9.21. The molecule has 0 atom stereocenters. The minimum atomic E-state index is 0.0781. The second-order valence-electron chi connectivity index (χ2n) is 2.75. The molecule has 0 aliphatic carbocycles. The van der Waals surface area contributed by atoms with Gasteiger partial charge in [-0.25, -0.2) is 0 Å². The van der Waals surface area contributed by atoms with Gasteiger partial charge in [0.25, 0.3) is 0 Å². The third-order valence-electron chi connectivity index (χ3n) is 1.50. The summed E-state index contributed by atoms with van der Waals surface area (Å²) in [5, 5.41) is 16.9. The molecule has 6 heteroatoms. The van der Waals surface area contributed by atoms with Crippen molar-refractivity contribution in [1.29, 1.82) is 0 Å². The molecule has 14 heavy (non-hydrogen) atoms. The molecule has 0 aliphatic heterocycles. The van der Waals surface area contributed by atoms with Crippen molar-refractivity contribution in [1.82, 2.24) is 0 Å². The van der Waals surface area contributed by atoms with Crippen molar-refractivity contribution in [2.75, 3.05) is 26.4 Å². The fraction of sp³-hybridized carbons (Fsp3) is 1.00. The lowest BCUT2D eigenvalue weighted by Gasteiger charge is -1.94. The van der Waals surface area contributed by atoms with E-state index in [2.05, 4.69) is 9.68 Å². The molecule has 0 aromatic rings. The van der Waals surface area contributed by atoms with E-state index in [-0.39, 0.29) is 31.5 Å². The van der Waals surface area contributed by atoms with Gasteiger partial charge in [0, 0.05) is 13.2 Å². The van der Waals surface area contributed by atoms with Crippen molar-refractivity contribution in [2.45, 2.75) is 25.7 Å². The Morgan fingerprint density at radius 2 is 1.29 bits per heavy atom. The normalized spacial score (nSPS) is 9.86. The van der Waals surface area contributed by atoms with E-state index < -0.39 is 0 Å². The summed E-state index contributed by atoms with van der Waals surface area (Å²) in [4.78, 5) is 19.9. The van der Waals surface area contributed by atoms with E-state index in [1.807, 2.05) is 0 Å². The Labute approximate surface area is 82.9 Å². The molecule has 0 saturated heterocycles. The van der Waals surface area contributed by atoms with Gasteiger partial charge in [0.2, 0.25) is 0 Å². The van der Waals surface area contributed by atoms with Gasteiger partial charge < -0.3 is 10.2 Å². The number of rotatable bonds is 10. The Hall–Kier alpha value is -0.880. The summed E-state index contributed by atoms with van der Waals surface area (Å²) in [7, 11) is 0. The first-order valence-electron chi connectivity index (χ1n) is 4.76. The smallest absolute Gasteiger partial charge is 0.396 e. The topological polar surface area (TPSA) is 79.0 Å². The molecule has 0 aromatic heterocycles. The van der Waals surface area contributed by atoms with Crippen LogP contribution in [0.2, 0.25) is 0 Å². The van der Waals surface area contributed by atoms with Crippen molar-refractivity contribution in [2.24, 2.45) is 0 Å².